The number of benzene rings is 1. The summed E-state index contributed by atoms with van der Waals surface area (Å²) < 4.78 is 0. The summed E-state index contributed by atoms with van der Waals surface area (Å²) in [5, 5.41) is 9.08. The Balaban J connectivity index is 2.34. The summed E-state index contributed by atoms with van der Waals surface area (Å²) in [6.07, 6.45) is 4.50. The van der Waals surface area contributed by atoms with Gasteiger partial charge in [0.1, 0.15) is 11.7 Å². The van der Waals surface area contributed by atoms with Gasteiger partial charge in [-0.3, -0.25) is 0 Å². The molecule has 0 N–H and O–H groups in total. The van der Waals surface area contributed by atoms with Crippen molar-refractivity contribution in [2.45, 2.75) is 24.2 Å². The second-order valence-electron chi connectivity index (χ2n) is 4.12. The van der Waals surface area contributed by atoms with Crippen molar-refractivity contribution in [1.82, 2.24) is 9.97 Å². The molecule has 3 nitrogen and oxygen atoms in total. The molecule has 96 valence electrons. The van der Waals surface area contributed by atoms with Gasteiger partial charge in [0.15, 0.2) is 0 Å². The van der Waals surface area contributed by atoms with Crippen LogP contribution in [0.1, 0.15) is 25.1 Å². The normalized spacial score (nSPS) is 11.8. The van der Waals surface area contributed by atoms with E-state index in [1.54, 1.807) is 18.0 Å². The lowest BCUT2D eigenvalue weighted by molar-refractivity contribution is 0.752. The summed E-state index contributed by atoms with van der Waals surface area (Å²) in [7, 11) is 0. The molecule has 0 fully saturated rings. The van der Waals surface area contributed by atoms with E-state index in [9.17, 15) is 0 Å². The molecule has 1 aromatic heterocycles. The van der Waals surface area contributed by atoms with Crippen molar-refractivity contribution in [3.8, 4) is 17.3 Å². The van der Waals surface area contributed by atoms with E-state index >= 15 is 0 Å². The quantitative estimate of drug-likeness (QED) is 0.790. The van der Waals surface area contributed by atoms with Crippen LogP contribution < -0.4 is 0 Å². The first-order valence-electron chi connectivity index (χ1n) is 6.15. The second kappa shape index (κ2) is 6.35. The fraction of sp³-hybridized carbons (Fsp3) is 0.267. The van der Waals surface area contributed by atoms with Gasteiger partial charge in [0.05, 0.1) is 11.8 Å². The summed E-state index contributed by atoms with van der Waals surface area (Å²) >= 11 is 1.71. The molecule has 0 amide bonds. The van der Waals surface area contributed by atoms with E-state index in [1.165, 1.54) is 4.90 Å². The third-order valence-electron chi connectivity index (χ3n) is 2.94. The van der Waals surface area contributed by atoms with Crippen LogP contribution in [0.15, 0.2) is 41.4 Å². The van der Waals surface area contributed by atoms with Gasteiger partial charge in [0.25, 0.3) is 0 Å². The number of aromatic nitrogens is 2. The molecule has 2 rings (SSSR count). The third kappa shape index (κ3) is 3.12. The fourth-order valence-electron chi connectivity index (χ4n) is 1.80. The van der Waals surface area contributed by atoms with Crippen molar-refractivity contribution >= 4 is 11.8 Å². The lowest BCUT2D eigenvalue weighted by Gasteiger charge is -2.07. The number of hydrogen-bond acceptors (Lipinski definition) is 4. The van der Waals surface area contributed by atoms with Crippen LogP contribution in [0.25, 0.3) is 11.3 Å². The first kappa shape index (κ1) is 13.6. The Morgan fingerprint density at radius 3 is 2.58 bits per heavy atom. The van der Waals surface area contributed by atoms with Gasteiger partial charge in [0, 0.05) is 16.7 Å². The van der Waals surface area contributed by atoms with Crippen molar-refractivity contribution in [3.63, 3.8) is 0 Å². The van der Waals surface area contributed by atoms with Gasteiger partial charge in [-0.15, -0.1) is 11.8 Å². The van der Waals surface area contributed by atoms with E-state index in [4.69, 9.17) is 5.26 Å². The molecule has 1 atom stereocenters. The standard InChI is InChI=1S/C15H15N3S/c1-3-11(10-16)15-17-9-8-14(18-15)12-4-6-13(19-2)7-5-12/h4-9,11H,3H2,1-2H3. The lowest BCUT2D eigenvalue weighted by atomic mass is 10.1. The average Bonchev–Trinajstić information content (AvgIpc) is 2.49. The molecule has 0 aliphatic rings. The molecule has 0 aliphatic carbocycles. The number of thioether (sulfide) groups is 1. The van der Waals surface area contributed by atoms with E-state index in [0.29, 0.717) is 5.82 Å². The van der Waals surface area contributed by atoms with Crippen molar-refractivity contribution < 1.29 is 0 Å². The average molecular weight is 269 g/mol. The van der Waals surface area contributed by atoms with Gasteiger partial charge in [-0.2, -0.15) is 5.26 Å². The zero-order valence-corrected chi connectivity index (χ0v) is 11.8. The van der Waals surface area contributed by atoms with Gasteiger partial charge in [-0.25, -0.2) is 9.97 Å². The van der Waals surface area contributed by atoms with Crippen molar-refractivity contribution in [2.24, 2.45) is 0 Å². The van der Waals surface area contributed by atoms with Crippen LogP contribution in [0, 0.1) is 11.3 Å². The molecule has 0 radical (unpaired) electrons. The Bertz CT molecular complexity index is 587. The Kier molecular flexibility index (Phi) is 4.53. The second-order valence-corrected chi connectivity index (χ2v) is 5.00. The molecule has 0 saturated carbocycles. The summed E-state index contributed by atoms with van der Waals surface area (Å²) in [6, 6.07) is 12.4. The summed E-state index contributed by atoms with van der Waals surface area (Å²) in [4.78, 5) is 9.93. The van der Waals surface area contributed by atoms with Gasteiger partial charge in [-0.05, 0) is 30.9 Å². The molecule has 1 aromatic carbocycles. The SMILES string of the molecule is CCC(C#N)c1nccc(-c2ccc(SC)cc2)n1. The minimum Gasteiger partial charge on any atom is -0.240 e. The molecule has 4 heteroatoms. The highest BCUT2D eigenvalue weighted by Gasteiger charge is 2.12. The number of rotatable bonds is 4. The zero-order chi connectivity index (χ0) is 13.7. The summed E-state index contributed by atoms with van der Waals surface area (Å²) in [5.74, 6) is 0.377. The van der Waals surface area contributed by atoms with Crippen LogP contribution in [-0.2, 0) is 0 Å². The Morgan fingerprint density at radius 1 is 1.26 bits per heavy atom. The highest BCUT2D eigenvalue weighted by Crippen LogP contribution is 2.23. The van der Waals surface area contributed by atoms with Crippen LogP contribution in [0.5, 0.6) is 0 Å². The maximum Gasteiger partial charge on any atom is 0.146 e. The number of hydrogen-bond donors (Lipinski definition) is 0. The highest BCUT2D eigenvalue weighted by atomic mass is 32.2. The molecule has 0 saturated heterocycles. The molecule has 19 heavy (non-hydrogen) atoms. The van der Waals surface area contributed by atoms with Crippen LogP contribution >= 0.6 is 11.8 Å². The Labute approximate surface area is 117 Å². The van der Waals surface area contributed by atoms with Gasteiger partial charge in [0.2, 0.25) is 0 Å². The molecular weight excluding hydrogens is 254 g/mol. The maximum absolute atomic E-state index is 9.08. The van der Waals surface area contributed by atoms with Crippen LogP contribution in [0.4, 0.5) is 0 Å². The topological polar surface area (TPSA) is 49.6 Å². The van der Waals surface area contributed by atoms with Gasteiger partial charge >= 0.3 is 0 Å². The fourth-order valence-corrected chi connectivity index (χ4v) is 2.20. The van der Waals surface area contributed by atoms with Crippen LogP contribution in [-0.4, -0.2) is 16.2 Å². The highest BCUT2D eigenvalue weighted by molar-refractivity contribution is 7.98. The van der Waals surface area contributed by atoms with Crippen molar-refractivity contribution in [2.75, 3.05) is 6.26 Å². The van der Waals surface area contributed by atoms with Crippen LogP contribution in [0.2, 0.25) is 0 Å². The number of nitriles is 1. The first-order chi connectivity index (χ1) is 9.28. The van der Waals surface area contributed by atoms with Crippen molar-refractivity contribution in [1.29, 1.82) is 5.26 Å². The Morgan fingerprint density at radius 2 is 2.00 bits per heavy atom. The predicted molar refractivity (Wildman–Crippen MR) is 77.9 cm³/mol. The third-order valence-corrected chi connectivity index (χ3v) is 3.68. The molecular formula is C15H15N3S. The van der Waals surface area contributed by atoms with E-state index in [1.807, 2.05) is 25.1 Å². The molecule has 0 spiro atoms. The van der Waals surface area contributed by atoms with Crippen molar-refractivity contribution in [3.05, 3.63) is 42.4 Å². The van der Waals surface area contributed by atoms with E-state index in [-0.39, 0.29) is 5.92 Å². The molecule has 0 aliphatic heterocycles. The molecule has 0 bridgehead atoms. The monoisotopic (exact) mass is 269 g/mol. The van der Waals surface area contributed by atoms with Gasteiger partial charge < -0.3 is 0 Å². The smallest absolute Gasteiger partial charge is 0.146 e. The molecule has 2 aromatic rings. The molecule has 1 unspecified atom stereocenters. The minimum absolute atomic E-state index is 0.231. The summed E-state index contributed by atoms with van der Waals surface area (Å²) in [6.45, 7) is 1.97. The predicted octanol–water partition coefficient (Wildman–Crippen LogP) is 3.88. The maximum atomic E-state index is 9.08. The zero-order valence-electron chi connectivity index (χ0n) is 11.0. The minimum atomic E-state index is -0.231. The lowest BCUT2D eigenvalue weighted by Crippen LogP contribution is -2.01. The Hall–Kier alpha value is -1.86. The van der Waals surface area contributed by atoms with Crippen LogP contribution in [0.3, 0.4) is 0 Å². The summed E-state index contributed by atoms with van der Waals surface area (Å²) in [5.41, 5.74) is 1.92. The van der Waals surface area contributed by atoms with E-state index < -0.39 is 0 Å². The van der Waals surface area contributed by atoms with E-state index in [2.05, 4.69) is 34.4 Å². The van der Waals surface area contributed by atoms with E-state index in [0.717, 1.165) is 17.7 Å². The van der Waals surface area contributed by atoms with Gasteiger partial charge in [-0.1, -0.05) is 19.1 Å². The largest absolute Gasteiger partial charge is 0.240 e. The molecule has 1 heterocycles. The number of nitrogens with zero attached hydrogens (tertiary/aromatic N) is 3. The first-order valence-corrected chi connectivity index (χ1v) is 7.38.